The number of benzene rings is 3. The molecular weight excluding hydrogens is 641 g/mol. The van der Waals surface area contributed by atoms with Crippen LogP contribution in [-0.2, 0) is 26.2 Å². The Kier molecular flexibility index (Phi) is 13.3. The van der Waals surface area contributed by atoms with Crippen LogP contribution in [0.2, 0.25) is 10.0 Å². The molecule has 3 rings (SSSR count). The SMILES string of the molecule is CCOc1ccccc1N(CC(=O)N(Cc1c(Cl)cccc1Cl)C(CC)C(=O)NC(C)CC)S(=O)(=O)c1ccc(SC)cc1. The number of carbonyl (C=O) groups is 2. The largest absolute Gasteiger partial charge is 0.492 e. The lowest BCUT2D eigenvalue weighted by atomic mass is 10.1. The van der Waals surface area contributed by atoms with Crippen molar-refractivity contribution >= 4 is 62.5 Å². The maximum atomic E-state index is 14.4. The number of amides is 2. The summed E-state index contributed by atoms with van der Waals surface area (Å²) in [5, 5.41) is 3.61. The highest BCUT2D eigenvalue weighted by atomic mass is 35.5. The average Bonchev–Trinajstić information content (AvgIpc) is 3.01. The first-order valence-corrected chi connectivity index (χ1v) is 17.8. The molecule has 2 atom stereocenters. The molecular formula is C32H39Cl2N3O5S2. The van der Waals surface area contributed by atoms with Crippen LogP contribution in [0.15, 0.2) is 76.5 Å². The van der Waals surface area contributed by atoms with Gasteiger partial charge in [-0.1, -0.05) is 55.2 Å². The zero-order chi connectivity index (χ0) is 32.4. The number of carbonyl (C=O) groups excluding carboxylic acids is 2. The first-order chi connectivity index (χ1) is 21.0. The molecule has 44 heavy (non-hydrogen) atoms. The summed E-state index contributed by atoms with van der Waals surface area (Å²) in [7, 11) is -4.27. The van der Waals surface area contributed by atoms with E-state index in [1.807, 2.05) is 20.1 Å². The van der Waals surface area contributed by atoms with E-state index in [1.54, 1.807) is 68.4 Å². The van der Waals surface area contributed by atoms with Crippen molar-refractivity contribution in [2.24, 2.45) is 0 Å². The summed E-state index contributed by atoms with van der Waals surface area (Å²) in [6, 6.07) is 17.0. The molecule has 3 aromatic rings. The number of thioether (sulfide) groups is 1. The maximum absolute atomic E-state index is 14.4. The number of nitrogens with one attached hydrogen (secondary N) is 1. The Bertz CT molecular complexity index is 1520. The fourth-order valence-electron chi connectivity index (χ4n) is 4.54. The molecule has 0 aliphatic carbocycles. The second-order valence-corrected chi connectivity index (χ2v) is 13.6. The van der Waals surface area contributed by atoms with Crippen molar-refractivity contribution in [2.45, 2.75) is 69.0 Å². The van der Waals surface area contributed by atoms with Gasteiger partial charge in [0.25, 0.3) is 10.0 Å². The van der Waals surface area contributed by atoms with Crippen molar-refractivity contribution in [3.05, 3.63) is 82.3 Å². The van der Waals surface area contributed by atoms with Crippen LogP contribution in [0, 0.1) is 0 Å². The van der Waals surface area contributed by atoms with Gasteiger partial charge in [-0.15, -0.1) is 11.8 Å². The molecule has 0 radical (unpaired) electrons. The van der Waals surface area contributed by atoms with Crippen molar-refractivity contribution in [1.29, 1.82) is 0 Å². The molecule has 0 saturated heterocycles. The Morgan fingerprint density at radius 1 is 0.932 bits per heavy atom. The van der Waals surface area contributed by atoms with E-state index >= 15 is 0 Å². The van der Waals surface area contributed by atoms with Crippen LogP contribution in [0.1, 0.15) is 46.1 Å². The normalized spacial score (nSPS) is 12.7. The van der Waals surface area contributed by atoms with E-state index in [1.165, 1.54) is 28.8 Å². The highest BCUT2D eigenvalue weighted by Crippen LogP contribution is 2.34. The number of ether oxygens (including phenoxy) is 1. The van der Waals surface area contributed by atoms with Gasteiger partial charge in [0, 0.05) is 33.1 Å². The summed E-state index contributed by atoms with van der Waals surface area (Å²) in [4.78, 5) is 30.1. The lowest BCUT2D eigenvalue weighted by molar-refractivity contribution is -0.140. The molecule has 0 aliphatic rings. The smallest absolute Gasteiger partial charge is 0.264 e. The predicted octanol–water partition coefficient (Wildman–Crippen LogP) is 7.03. The van der Waals surface area contributed by atoms with Gasteiger partial charge in [0.2, 0.25) is 11.8 Å². The fourth-order valence-corrected chi connectivity index (χ4v) is 6.89. The van der Waals surface area contributed by atoms with E-state index in [2.05, 4.69) is 5.32 Å². The van der Waals surface area contributed by atoms with Gasteiger partial charge in [-0.25, -0.2) is 8.42 Å². The summed E-state index contributed by atoms with van der Waals surface area (Å²) in [6.07, 6.45) is 2.87. The zero-order valence-corrected chi connectivity index (χ0v) is 28.7. The Balaban J connectivity index is 2.15. The third kappa shape index (κ3) is 8.62. The Labute approximate surface area is 275 Å². The minimum absolute atomic E-state index is 0.0108. The van der Waals surface area contributed by atoms with Crippen LogP contribution < -0.4 is 14.4 Å². The van der Waals surface area contributed by atoms with E-state index in [0.29, 0.717) is 27.8 Å². The monoisotopic (exact) mass is 679 g/mol. The van der Waals surface area contributed by atoms with Gasteiger partial charge < -0.3 is 15.0 Å². The molecule has 2 unspecified atom stereocenters. The second-order valence-electron chi connectivity index (χ2n) is 10.1. The van der Waals surface area contributed by atoms with Gasteiger partial charge in [-0.05, 0) is 81.5 Å². The van der Waals surface area contributed by atoms with E-state index in [4.69, 9.17) is 27.9 Å². The van der Waals surface area contributed by atoms with Crippen LogP contribution >= 0.6 is 35.0 Å². The summed E-state index contributed by atoms with van der Waals surface area (Å²) >= 11 is 14.5. The molecule has 2 amide bonds. The van der Waals surface area contributed by atoms with Gasteiger partial charge in [0.05, 0.1) is 17.2 Å². The van der Waals surface area contributed by atoms with Crippen LogP contribution in [0.5, 0.6) is 5.75 Å². The van der Waals surface area contributed by atoms with Gasteiger partial charge in [0.1, 0.15) is 18.3 Å². The fraction of sp³-hybridized carbons (Fsp3) is 0.375. The maximum Gasteiger partial charge on any atom is 0.264 e. The van der Waals surface area contributed by atoms with Crippen LogP contribution in [0.3, 0.4) is 0 Å². The molecule has 0 heterocycles. The number of hydrogen-bond donors (Lipinski definition) is 1. The lowest BCUT2D eigenvalue weighted by Gasteiger charge is -2.34. The number of para-hydroxylation sites is 2. The van der Waals surface area contributed by atoms with Crippen molar-refractivity contribution in [3.8, 4) is 5.75 Å². The summed E-state index contributed by atoms with van der Waals surface area (Å²) in [6.45, 7) is 6.98. The van der Waals surface area contributed by atoms with Gasteiger partial charge in [-0.2, -0.15) is 0 Å². The van der Waals surface area contributed by atoms with E-state index in [9.17, 15) is 18.0 Å². The molecule has 0 fully saturated rings. The number of anilines is 1. The van der Waals surface area contributed by atoms with Crippen molar-refractivity contribution in [3.63, 3.8) is 0 Å². The van der Waals surface area contributed by atoms with Crippen LogP contribution in [-0.4, -0.2) is 56.6 Å². The highest BCUT2D eigenvalue weighted by molar-refractivity contribution is 7.98. The van der Waals surface area contributed by atoms with Gasteiger partial charge >= 0.3 is 0 Å². The number of sulfonamides is 1. The highest BCUT2D eigenvalue weighted by Gasteiger charge is 2.35. The molecule has 0 aliphatic heterocycles. The first kappa shape index (κ1) is 35.6. The second kappa shape index (κ2) is 16.4. The standard InChI is InChI=1S/C32H39Cl2N3O5S2/c1-6-22(4)35-32(39)28(7-2)36(20-25-26(33)12-11-13-27(25)34)31(38)21-37(29-14-9-10-15-30(29)42-8-3)44(40,41)24-18-16-23(43-5)17-19-24/h9-19,22,28H,6-8,20-21H2,1-5H3,(H,35,39). The van der Waals surface area contributed by atoms with Crippen LogP contribution in [0.25, 0.3) is 0 Å². The molecule has 0 bridgehead atoms. The van der Waals surface area contributed by atoms with Gasteiger partial charge in [-0.3, -0.25) is 13.9 Å². The number of hydrogen-bond acceptors (Lipinski definition) is 6. The predicted molar refractivity (Wildman–Crippen MR) is 179 cm³/mol. The molecule has 0 aromatic heterocycles. The Morgan fingerprint density at radius 3 is 2.14 bits per heavy atom. The molecule has 1 N–H and O–H groups in total. The topological polar surface area (TPSA) is 96.0 Å². The molecule has 0 saturated carbocycles. The molecule has 3 aromatic carbocycles. The molecule has 8 nitrogen and oxygen atoms in total. The number of nitrogens with zero attached hydrogens (tertiary/aromatic N) is 2. The third-order valence-electron chi connectivity index (χ3n) is 7.14. The Morgan fingerprint density at radius 2 is 1.57 bits per heavy atom. The zero-order valence-electron chi connectivity index (χ0n) is 25.5. The van der Waals surface area contributed by atoms with Crippen LogP contribution in [0.4, 0.5) is 5.69 Å². The third-order valence-corrected chi connectivity index (χ3v) is 10.4. The summed E-state index contributed by atoms with van der Waals surface area (Å²) < 4.78 is 35.3. The Hall–Kier alpha value is -2.92. The minimum Gasteiger partial charge on any atom is -0.492 e. The van der Waals surface area contributed by atoms with Crippen molar-refractivity contribution in [2.75, 3.05) is 23.7 Å². The molecule has 0 spiro atoms. The first-order valence-electron chi connectivity index (χ1n) is 14.4. The number of halogens is 2. The summed E-state index contributed by atoms with van der Waals surface area (Å²) in [5.41, 5.74) is 0.653. The molecule has 238 valence electrons. The van der Waals surface area contributed by atoms with E-state index in [0.717, 1.165) is 9.20 Å². The average molecular weight is 681 g/mol. The van der Waals surface area contributed by atoms with Gasteiger partial charge in [0.15, 0.2) is 0 Å². The number of rotatable bonds is 15. The van der Waals surface area contributed by atoms with E-state index < -0.39 is 28.5 Å². The van der Waals surface area contributed by atoms with Crippen molar-refractivity contribution in [1.82, 2.24) is 10.2 Å². The molecule has 12 heteroatoms. The van der Waals surface area contributed by atoms with Crippen molar-refractivity contribution < 1.29 is 22.7 Å². The minimum atomic E-state index is -4.27. The quantitative estimate of drug-likeness (QED) is 0.173. The van der Waals surface area contributed by atoms with E-state index in [-0.39, 0.29) is 42.1 Å². The lowest BCUT2D eigenvalue weighted by Crippen LogP contribution is -2.53. The summed E-state index contributed by atoms with van der Waals surface area (Å²) in [5.74, 6) is -0.660.